The van der Waals surface area contributed by atoms with E-state index < -0.39 is 17.6 Å². The topological polar surface area (TPSA) is 79.8 Å². The van der Waals surface area contributed by atoms with Crippen molar-refractivity contribution in [2.45, 2.75) is 6.61 Å². The molecular formula is C22H18FN3O3. The molecule has 2 amide bonds. The summed E-state index contributed by atoms with van der Waals surface area (Å²) in [6.07, 6.45) is 1.39. The molecule has 6 nitrogen and oxygen atoms in total. The van der Waals surface area contributed by atoms with Gasteiger partial charge in [-0.3, -0.25) is 9.59 Å². The van der Waals surface area contributed by atoms with E-state index in [1.807, 2.05) is 36.4 Å². The van der Waals surface area contributed by atoms with Crippen molar-refractivity contribution < 1.29 is 18.7 Å². The van der Waals surface area contributed by atoms with Crippen LogP contribution in [0.1, 0.15) is 11.1 Å². The molecule has 0 saturated carbocycles. The normalized spacial score (nSPS) is 10.5. The van der Waals surface area contributed by atoms with E-state index in [1.54, 1.807) is 18.2 Å². The average molecular weight is 391 g/mol. The lowest BCUT2D eigenvalue weighted by Gasteiger charge is -2.09. The molecule has 7 heteroatoms. The third-order valence-electron chi connectivity index (χ3n) is 3.83. The zero-order valence-electron chi connectivity index (χ0n) is 15.3. The summed E-state index contributed by atoms with van der Waals surface area (Å²) in [5.41, 5.74) is 4.11. The summed E-state index contributed by atoms with van der Waals surface area (Å²) in [6.45, 7) is 0.387. The van der Waals surface area contributed by atoms with Crippen molar-refractivity contribution in [1.29, 1.82) is 0 Å². The van der Waals surface area contributed by atoms with Crippen molar-refractivity contribution in [1.82, 2.24) is 5.43 Å². The van der Waals surface area contributed by atoms with Crippen LogP contribution in [-0.2, 0) is 16.2 Å². The Kier molecular flexibility index (Phi) is 6.67. The molecule has 0 bridgehead atoms. The lowest BCUT2D eigenvalue weighted by atomic mass is 10.2. The summed E-state index contributed by atoms with van der Waals surface area (Å²) >= 11 is 0. The number of benzene rings is 3. The van der Waals surface area contributed by atoms with Crippen LogP contribution in [0.25, 0.3) is 0 Å². The lowest BCUT2D eigenvalue weighted by molar-refractivity contribution is -0.136. The molecule has 0 fully saturated rings. The van der Waals surface area contributed by atoms with Crippen LogP contribution in [0.3, 0.4) is 0 Å². The van der Waals surface area contributed by atoms with E-state index >= 15 is 0 Å². The number of hydrogen-bond acceptors (Lipinski definition) is 4. The second-order valence-corrected chi connectivity index (χ2v) is 5.97. The van der Waals surface area contributed by atoms with Gasteiger partial charge in [-0.25, -0.2) is 9.82 Å². The summed E-state index contributed by atoms with van der Waals surface area (Å²) in [7, 11) is 0. The summed E-state index contributed by atoms with van der Waals surface area (Å²) in [5.74, 6) is -1.72. The molecule has 0 heterocycles. The highest BCUT2D eigenvalue weighted by molar-refractivity contribution is 6.39. The van der Waals surface area contributed by atoms with Crippen molar-refractivity contribution in [3.63, 3.8) is 0 Å². The number of hydrazone groups is 1. The highest BCUT2D eigenvalue weighted by Gasteiger charge is 2.13. The number of amides is 2. The quantitative estimate of drug-likeness (QED) is 0.383. The zero-order chi connectivity index (χ0) is 20.5. The lowest BCUT2D eigenvalue weighted by Crippen LogP contribution is -2.32. The highest BCUT2D eigenvalue weighted by Crippen LogP contribution is 2.17. The molecule has 0 spiro atoms. The Bertz CT molecular complexity index is 1010. The van der Waals surface area contributed by atoms with Crippen molar-refractivity contribution in [3.05, 3.63) is 95.8 Å². The second kappa shape index (κ2) is 9.80. The maximum atomic E-state index is 12.9. The van der Waals surface area contributed by atoms with Gasteiger partial charge in [0.05, 0.1) is 6.21 Å². The van der Waals surface area contributed by atoms with Gasteiger partial charge >= 0.3 is 11.8 Å². The SMILES string of the molecule is O=C(N/N=C/c1ccccc1OCc1ccccc1)C(=O)Nc1ccc(F)cc1. The summed E-state index contributed by atoms with van der Waals surface area (Å²) in [5, 5.41) is 6.16. The molecule has 0 aromatic heterocycles. The van der Waals surface area contributed by atoms with Crippen molar-refractivity contribution in [2.24, 2.45) is 5.10 Å². The van der Waals surface area contributed by atoms with Gasteiger partial charge in [-0.1, -0.05) is 42.5 Å². The number of nitrogens with zero attached hydrogens (tertiary/aromatic N) is 1. The second-order valence-electron chi connectivity index (χ2n) is 5.97. The van der Waals surface area contributed by atoms with E-state index in [-0.39, 0.29) is 0 Å². The molecule has 0 aliphatic carbocycles. The molecule has 146 valence electrons. The first-order chi connectivity index (χ1) is 14.1. The van der Waals surface area contributed by atoms with Crippen molar-refractivity contribution in [2.75, 3.05) is 5.32 Å². The molecule has 0 atom stereocenters. The predicted molar refractivity (Wildman–Crippen MR) is 108 cm³/mol. The first-order valence-electron chi connectivity index (χ1n) is 8.77. The number of nitrogens with one attached hydrogen (secondary N) is 2. The fourth-order valence-electron chi connectivity index (χ4n) is 2.39. The molecule has 3 aromatic rings. The van der Waals surface area contributed by atoms with Crippen LogP contribution >= 0.6 is 0 Å². The first kappa shape index (κ1) is 19.8. The number of carbonyl (C=O) groups is 2. The monoisotopic (exact) mass is 391 g/mol. The number of anilines is 1. The third-order valence-corrected chi connectivity index (χ3v) is 3.83. The van der Waals surface area contributed by atoms with Crippen LogP contribution in [-0.4, -0.2) is 18.0 Å². The van der Waals surface area contributed by atoms with E-state index in [1.165, 1.54) is 30.5 Å². The van der Waals surface area contributed by atoms with Gasteiger partial charge in [0.1, 0.15) is 18.2 Å². The van der Waals surface area contributed by atoms with Gasteiger partial charge in [-0.2, -0.15) is 5.10 Å². The van der Waals surface area contributed by atoms with Crippen LogP contribution in [0.5, 0.6) is 5.75 Å². The number of hydrogen-bond donors (Lipinski definition) is 2. The van der Waals surface area contributed by atoms with Gasteiger partial charge in [-0.15, -0.1) is 0 Å². The average Bonchev–Trinajstić information content (AvgIpc) is 2.75. The number of halogens is 1. The van der Waals surface area contributed by atoms with Crippen molar-refractivity contribution in [3.8, 4) is 5.75 Å². The standard InChI is InChI=1S/C22H18FN3O3/c23-18-10-12-19(13-11-18)25-21(27)22(28)26-24-14-17-8-4-5-9-20(17)29-15-16-6-2-1-3-7-16/h1-14H,15H2,(H,25,27)(H,26,28)/b24-14+. The molecule has 2 N–H and O–H groups in total. The first-order valence-corrected chi connectivity index (χ1v) is 8.77. The predicted octanol–water partition coefficient (Wildman–Crippen LogP) is 3.49. The van der Waals surface area contributed by atoms with E-state index in [9.17, 15) is 14.0 Å². The van der Waals surface area contributed by atoms with Crippen LogP contribution in [0.4, 0.5) is 10.1 Å². The van der Waals surface area contributed by atoms with Crippen LogP contribution in [0.15, 0.2) is 84.0 Å². The molecule has 0 aliphatic heterocycles. The summed E-state index contributed by atoms with van der Waals surface area (Å²) in [4.78, 5) is 23.7. The molecule has 0 saturated heterocycles. The third kappa shape index (κ3) is 6.00. The van der Waals surface area contributed by atoms with E-state index in [0.29, 0.717) is 23.6 Å². The van der Waals surface area contributed by atoms with Gasteiger partial charge in [0.25, 0.3) is 0 Å². The number of ether oxygens (including phenoxy) is 1. The minimum atomic E-state index is -0.951. The Labute approximate surface area is 167 Å². The maximum absolute atomic E-state index is 12.9. The molecular weight excluding hydrogens is 373 g/mol. The Morgan fingerprint density at radius 2 is 1.59 bits per heavy atom. The molecule has 0 aliphatic rings. The van der Waals surface area contributed by atoms with Crippen LogP contribution < -0.4 is 15.5 Å². The minimum absolute atomic E-state index is 0.301. The van der Waals surface area contributed by atoms with Crippen LogP contribution in [0, 0.1) is 5.82 Å². The Balaban J connectivity index is 1.56. The Morgan fingerprint density at radius 1 is 0.897 bits per heavy atom. The zero-order valence-corrected chi connectivity index (χ0v) is 15.3. The van der Waals surface area contributed by atoms with Gasteiger partial charge in [0, 0.05) is 11.3 Å². The molecule has 0 radical (unpaired) electrons. The van der Waals surface area contributed by atoms with E-state index in [4.69, 9.17) is 4.74 Å². The summed E-state index contributed by atoms with van der Waals surface area (Å²) < 4.78 is 18.7. The molecule has 0 unspecified atom stereocenters. The molecule has 3 aromatic carbocycles. The number of rotatable bonds is 6. The van der Waals surface area contributed by atoms with Gasteiger partial charge < -0.3 is 10.1 Å². The Morgan fingerprint density at radius 3 is 2.34 bits per heavy atom. The highest BCUT2D eigenvalue weighted by atomic mass is 19.1. The largest absolute Gasteiger partial charge is 0.488 e. The fraction of sp³-hybridized carbons (Fsp3) is 0.0455. The number of carbonyl (C=O) groups excluding carboxylic acids is 2. The number of para-hydroxylation sites is 1. The van der Waals surface area contributed by atoms with Crippen LogP contribution in [0.2, 0.25) is 0 Å². The van der Waals surface area contributed by atoms with Gasteiger partial charge in [-0.05, 0) is 42.0 Å². The Hall–Kier alpha value is -4.00. The van der Waals surface area contributed by atoms with E-state index in [2.05, 4.69) is 15.8 Å². The molecule has 29 heavy (non-hydrogen) atoms. The fourth-order valence-corrected chi connectivity index (χ4v) is 2.39. The van der Waals surface area contributed by atoms with Crippen molar-refractivity contribution >= 4 is 23.7 Å². The van der Waals surface area contributed by atoms with E-state index in [0.717, 1.165) is 5.56 Å². The maximum Gasteiger partial charge on any atom is 0.329 e. The van der Waals surface area contributed by atoms with Gasteiger partial charge in [0.15, 0.2) is 0 Å². The summed E-state index contributed by atoms with van der Waals surface area (Å²) in [6, 6.07) is 21.9. The minimum Gasteiger partial charge on any atom is -0.488 e. The smallest absolute Gasteiger partial charge is 0.329 e. The molecule has 3 rings (SSSR count). The van der Waals surface area contributed by atoms with Gasteiger partial charge in [0.2, 0.25) is 0 Å².